The molecular weight excluding hydrogens is 272 g/mol. The van der Waals surface area contributed by atoms with E-state index < -0.39 is 0 Å². The molecule has 1 saturated heterocycles. The fourth-order valence-electron chi connectivity index (χ4n) is 2.63. The Morgan fingerprint density at radius 3 is 2.70 bits per heavy atom. The Morgan fingerprint density at radius 2 is 2.10 bits per heavy atom. The van der Waals surface area contributed by atoms with Crippen LogP contribution in [-0.2, 0) is 11.3 Å². The van der Waals surface area contributed by atoms with Crippen LogP contribution >= 0.6 is 11.6 Å². The monoisotopic (exact) mass is 296 g/mol. The minimum absolute atomic E-state index is 0.416. The predicted molar refractivity (Wildman–Crippen MR) is 85.7 cm³/mol. The van der Waals surface area contributed by atoms with Gasteiger partial charge in [-0.3, -0.25) is 0 Å². The summed E-state index contributed by atoms with van der Waals surface area (Å²) in [5.74, 6) is 0. The van der Waals surface area contributed by atoms with Gasteiger partial charge in [-0.05, 0) is 43.5 Å². The van der Waals surface area contributed by atoms with E-state index in [9.17, 15) is 0 Å². The third kappa shape index (κ3) is 4.11. The molecule has 0 amide bonds. The molecule has 1 heterocycles. The number of nitrogens with zero attached hydrogens (tertiary/aromatic N) is 1. The Hall–Kier alpha value is -0.770. The highest BCUT2D eigenvalue weighted by molar-refractivity contribution is 6.31. The number of anilines is 1. The molecule has 20 heavy (non-hydrogen) atoms. The van der Waals surface area contributed by atoms with E-state index in [2.05, 4.69) is 35.3 Å². The summed E-state index contributed by atoms with van der Waals surface area (Å²) in [5.41, 5.74) is 2.40. The number of nitrogens with one attached hydrogen (secondary N) is 1. The molecule has 0 atom stereocenters. The molecule has 3 nitrogen and oxygen atoms in total. The Bertz CT molecular complexity index is 417. The summed E-state index contributed by atoms with van der Waals surface area (Å²) in [7, 11) is 1.80. The van der Waals surface area contributed by atoms with Crippen LogP contribution in [0, 0.1) is 0 Å². The number of rotatable bonds is 6. The highest BCUT2D eigenvalue weighted by Gasteiger charge is 2.19. The van der Waals surface area contributed by atoms with E-state index in [1.54, 1.807) is 7.11 Å². The third-order valence-corrected chi connectivity index (χ3v) is 4.27. The molecule has 1 aliphatic rings. The first-order valence-electron chi connectivity index (χ1n) is 7.51. The lowest BCUT2D eigenvalue weighted by Crippen LogP contribution is -2.36. The van der Waals surface area contributed by atoms with Crippen LogP contribution in [0.1, 0.15) is 31.7 Å². The van der Waals surface area contributed by atoms with Crippen LogP contribution in [0.25, 0.3) is 0 Å². The van der Waals surface area contributed by atoms with Crippen LogP contribution in [0.15, 0.2) is 18.2 Å². The molecular formula is C16H25ClN2O. The second-order valence-electron chi connectivity index (χ2n) is 5.37. The van der Waals surface area contributed by atoms with E-state index >= 15 is 0 Å². The van der Waals surface area contributed by atoms with E-state index in [0.717, 1.165) is 50.5 Å². The van der Waals surface area contributed by atoms with Crippen molar-refractivity contribution in [2.24, 2.45) is 0 Å². The van der Waals surface area contributed by atoms with Gasteiger partial charge in [-0.15, -0.1) is 0 Å². The molecule has 0 aliphatic carbocycles. The van der Waals surface area contributed by atoms with Crippen LogP contribution in [0.5, 0.6) is 0 Å². The Balaban J connectivity index is 1.95. The Labute approximate surface area is 127 Å². The van der Waals surface area contributed by atoms with E-state index in [4.69, 9.17) is 16.3 Å². The standard InChI is InChI=1S/C16H25ClN2O/c1-3-8-18-12-13-4-5-14(11-16(13)17)19-9-6-15(20-2)7-10-19/h4-5,11,15,18H,3,6-10,12H2,1-2H3. The zero-order valence-corrected chi connectivity index (χ0v) is 13.2. The molecule has 1 fully saturated rings. The highest BCUT2D eigenvalue weighted by Crippen LogP contribution is 2.26. The first-order valence-corrected chi connectivity index (χ1v) is 7.89. The zero-order valence-electron chi connectivity index (χ0n) is 12.5. The molecule has 1 aromatic carbocycles. The average Bonchev–Trinajstić information content (AvgIpc) is 2.49. The lowest BCUT2D eigenvalue weighted by molar-refractivity contribution is 0.0819. The maximum absolute atomic E-state index is 6.39. The fourth-order valence-corrected chi connectivity index (χ4v) is 2.87. The number of ether oxygens (including phenoxy) is 1. The summed E-state index contributed by atoms with van der Waals surface area (Å²) in [6.07, 6.45) is 3.74. The normalized spacial score (nSPS) is 16.6. The molecule has 1 aliphatic heterocycles. The van der Waals surface area contributed by atoms with Crippen molar-refractivity contribution in [3.05, 3.63) is 28.8 Å². The van der Waals surface area contributed by atoms with Crippen molar-refractivity contribution < 1.29 is 4.74 Å². The molecule has 0 aromatic heterocycles. The smallest absolute Gasteiger partial charge is 0.0605 e. The van der Waals surface area contributed by atoms with Crippen LogP contribution in [0.3, 0.4) is 0 Å². The SMILES string of the molecule is CCCNCc1ccc(N2CCC(OC)CC2)cc1Cl. The third-order valence-electron chi connectivity index (χ3n) is 3.92. The van der Waals surface area contributed by atoms with Crippen molar-refractivity contribution in [2.45, 2.75) is 38.8 Å². The Kier molecular flexibility index (Phi) is 6.14. The summed E-state index contributed by atoms with van der Waals surface area (Å²) in [6, 6.07) is 6.42. The number of hydrogen-bond acceptors (Lipinski definition) is 3. The number of piperidine rings is 1. The predicted octanol–water partition coefficient (Wildman–Crippen LogP) is 3.45. The summed E-state index contributed by atoms with van der Waals surface area (Å²) >= 11 is 6.39. The quantitative estimate of drug-likeness (QED) is 0.814. The summed E-state index contributed by atoms with van der Waals surface area (Å²) in [6.45, 7) is 6.13. The van der Waals surface area contributed by atoms with Gasteiger partial charge in [0, 0.05) is 37.5 Å². The fraction of sp³-hybridized carbons (Fsp3) is 0.625. The van der Waals surface area contributed by atoms with Crippen molar-refractivity contribution in [3.63, 3.8) is 0 Å². The van der Waals surface area contributed by atoms with Gasteiger partial charge in [0.25, 0.3) is 0 Å². The molecule has 112 valence electrons. The van der Waals surface area contributed by atoms with Crippen molar-refractivity contribution in [1.29, 1.82) is 0 Å². The van der Waals surface area contributed by atoms with Crippen LogP contribution in [-0.4, -0.2) is 32.8 Å². The van der Waals surface area contributed by atoms with Gasteiger partial charge in [-0.1, -0.05) is 24.6 Å². The number of halogens is 1. The second kappa shape index (κ2) is 7.87. The number of methoxy groups -OCH3 is 1. The maximum atomic E-state index is 6.39. The maximum Gasteiger partial charge on any atom is 0.0605 e. The first-order chi connectivity index (χ1) is 9.74. The zero-order chi connectivity index (χ0) is 14.4. The van der Waals surface area contributed by atoms with Crippen molar-refractivity contribution >= 4 is 17.3 Å². The minimum atomic E-state index is 0.416. The van der Waals surface area contributed by atoms with Crippen molar-refractivity contribution in [2.75, 3.05) is 31.6 Å². The molecule has 0 bridgehead atoms. The average molecular weight is 297 g/mol. The molecule has 1 N–H and O–H groups in total. The van der Waals surface area contributed by atoms with Crippen LogP contribution in [0.2, 0.25) is 5.02 Å². The largest absolute Gasteiger partial charge is 0.381 e. The second-order valence-corrected chi connectivity index (χ2v) is 5.78. The summed E-state index contributed by atoms with van der Waals surface area (Å²) in [5, 5.41) is 4.25. The van der Waals surface area contributed by atoms with E-state index in [1.165, 1.54) is 11.3 Å². The van der Waals surface area contributed by atoms with Gasteiger partial charge in [0.2, 0.25) is 0 Å². The van der Waals surface area contributed by atoms with Crippen molar-refractivity contribution in [1.82, 2.24) is 5.32 Å². The van der Waals surface area contributed by atoms with Crippen LogP contribution in [0.4, 0.5) is 5.69 Å². The van der Waals surface area contributed by atoms with E-state index in [1.807, 2.05) is 0 Å². The van der Waals surface area contributed by atoms with Gasteiger partial charge in [0.15, 0.2) is 0 Å². The minimum Gasteiger partial charge on any atom is -0.381 e. The van der Waals surface area contributed by atoms with Gasteiger partial charge in [-0.25, -0.2) is 0 Å². The highest BCUT2D eigenvalue weighted by atomic mass is 35.5. The van der Waals surface area contributed by atoms with Gasteiger partial charge >= 0.3 is 0 Å². The van der Waals surface area contributed by atoms with Crippen LogP contribution < -0.4 is 10.2 Å². The molecule has 0 saturated carbocycles. The summed E-state index contributed by atoms with van der Waals surface area (Å²) < 4.78 is 5.41. The summed E-state index contributed by atoms with van der Waals surface area (Å²) in [4.78, 5) is 2.39. The molecule has 4 heteroatoms. The van der Waals surface area contributed by atoms with E-state index in [-0.39, 0.29) is 0 Å². The molecule has 0 radical (unpaired) electrons. The molecule has 2 rings (SSSR count). The molecule has 0 spiro atoms. The van der Waals surface area contributed by atoms with Gasteiger partial charge in [0.1, 0.15) is 0 Å². The molecule has 1 aromatic rings. The van der Waals surface area contributed by atoms with E-state index in [0.29, 0.717) is 6.10 Å². The number of hydrogen-bond donors (Lipinski definition) is 1. The topological polar surface area (TPSA) is 24.5 Å². The first kappa shape index (κ1) is 15.6. The Morgan fingerprint density at radius 1 is 1.35 bits per heavy atom. The van der Waals surface area contributed by atoms with Crippen molar-refractivity contribution in [3.8, 4) is 0 Å². The lowest BCUT2D eigenvalue weighted by Gasteiger charge is -2.33. The van der Waals surface area contributed by atoms with Gasteiger partial charge in [-0.2, -0.15) is 0 Å². The number of benzene rings is 1. The van der Waals surface area contributed by atoms with Gasteiger partial charge in [0.05, 0.1) is 6.10 Å². The van der Waals surface area contributed by atoms with Gasteiger partial charge < -0.3 is 15.0 Å². The molecule has 0 unspecified atom stereocenters. The lowest BCUT2D eigenvalue weighted by atomic mass is 10.1.